The Balaban J connectivity index is 1.33. The summed E-state index contributed by atoms with van der Waals surface area (Å²) in [4.78, 5) is 28.7. The lowest BCUT2D eigenvalue weighted by Gasteiger charge is -2.26. The van der Waals surface area contributed by atoms with Gasteiger partial charge >= 0.3 is 0 Å². The Kier molecular flexibility index (Phi) is 6.09. The second kappa shape index (κ2) is 9.65. The van der Waals surface area contributed by atoms with E-state index in [1.165, 1.54) is 0 Å². The van der Waals surface area contributed by atoms with Gasteiger partial charge in [-0.25, -0.2) is 4.99 Å². The fourth-order valence-corrected chi connectivity index (χ4v) is 4.04. The minimum atomic E-state index is -0.242. The molecule has 1 amide bonds. The van der Waals surface area contributed by atoms with Crippen molar-refractivity contribution in [2.24, 2.45) is 4.99 Å². The summed E-state index contributed by atoms with van der Waals surface area (Å²) in [5, 5.41) is 9.58. The highest BCUT2D eigenvalue weighted by Crippen LogP contribution is 2.34. The van der Waals surface area contributed by atoms with E-state index >= 15 is 0 Å². The Morgan fingerprint density at radius 2 is 1.66 bits per heavy atom. The molecule has 172 valence electrons. The normalized spacial score (nSPS) is 14.2. The first-order valence-corrected chi connectivity index (χ1v) is 11.3. The van der Waals surface area contributed by atoms with Crippen molar-refractivity contribution in [3.8, 4) is 0 Å². The number of aldehydes is 1. The summed E-state index contributed by atoms with van der Waals surface area (Å²) in [5.74, 6) is 0.393. The quantitative estimate of drug-likeness (QED) is 0.317. The zero-order valence-corrected chi connectivity index (χ0v) is 19.2. The van der Waals surface area contributed by atoms with Gasteiger partial charge in [-0.2, -0.15) is 0 Å². The molecular formula is C29H24N4O2. The number of hydrogen-bond acceptors (Lipinski definition) is 5. The van der Waals surface area contributed by atoms with E-state index in [-0.39, 0.29) is 11.9 Å². The monoisotopic (exact) mass is 460 g/mol. The molecule has 1 atom stereocenters. The molecule has 0 saturated carbocycles. The average molecular weight is 461 g/mol. The van der Waals surface area contributed by atoms with E-state index in [2.05, 4.69) is 34.1 Å². The average Bonchev–Trinajstić information content (AvgIpc) is 2.90. The van der Waals surface area contributed by atoms with Crippen molar-refractivity contribution >= 4 is 35.2 Å². The van der Waals surface area contributed by atoms with Crippen LogP contribution in [0.4, 0.5) is 17.1 Å². The number of para-hydroxylation sites is 1. The first-order chi connectivity index (χ1) is 17.1. The zero-order chi connectivity index (χ0) is 24.2. The van der Waals surface area contributed by atoms with Crippen LogP contribution in [-0.4, -0.2) is 18.2 Å². The largest absolute Gasteiger partial charge is 0.326 e. The minimum absolute atomic E-state index is 0.119. The van der Waals surface area contributed by atoms with Crippen molar-refractivity contribution in [1.29, 1.82) is 0 Å². The molecule has 3 N–H and O–H groups in total. The highest BCUT2D eigenvalue weighted by molar-refractivity contribution is 6.07. The smallest absolute Gasteiger partial charge is 0.255 e. The predicted octanol–water partition coefficient (Wildman–Crippen LogP) is 6.04. The molecule has 0 saturated heterocycles. The maximum absolute atomic E-state index is 12.7. The van der Waals surface area contributed by atoms with Crippen molar-refractivity contribution in [2.75, 3.05) is 16.0 Å². The molecule has 0 aromatic heterocycles. The minimum Gasteiger partial charge on any atom is -0.326 e. The third-order valence-electron chi connectivity index (χ3n) is 5.94. The molecule has 4 aromatic carbocycles. The summed E-state index contributed by atoms with van der Waals surface area (Å²) in [5.41, 5.74) is 6.57. The molecule has 5 rings (SSSR count). The van der Waals surface area contributed by atoms with Gasteiger partial charge in [0.15, 0.2) is 0 Å². The molecule has 35 heavy (non-hydrogen) atoms. The van der Waals surface area contributed by atoms with Crippen LogP contribution in [0.3, 0.4) is 0 Å². The van der Waals surface area contributed by atoms with E-state index < -0.39 is 0 Å². The second-order valence-electron chi connectivity index (χ2n) is 8.35. The number of nitrogens with one attached hydrogen (secondary N) is 3. The Morgan fingerprint density at radius 1 is 0.914 bits per heavy atom. The molecule has 1 unspecified atom stereocenters. The molecule has 1 aliphatic heterocycles. The summed E-state index contributed by atoms with van der Waals surface area (Å²) < 4.78 is 0. The van der Waals surface area contributed by atoms with Gasteiger partial charge in [-0.05, 0) is 54.4 Å². The van der Waals surface area contributed by atoms with E-state index in [1.807, 2.05) is 61.5 Å². The lowest BCUT2D eigenvalue weighted by molar-refractivity contribution is 0.102. The first kappa shape index (κ1) is 22.1. The lowest BCUT2D eigenvalue weighted by atomic mass is 9.96. The number of rotatable bonds is 5. The number of carbonyl (C=O) groups excluding carboxylic acids is 2. The Morgan fingerprint density at radius 3 is 2.43 bits per heavy atom. The van der Waals surface area contributed by atoms with Gasteiger partial charge in [0.25, 0.3) is 5.91 Å². The van der Waals surface area contributed by atoms with Crippen LogP contribution in [0.15, 0.2) is 102 Å². The van der Waals surface area contributed by atoms with Crippen LogP contribution in [-0.2, 0) is 0 Å². The Hall–Kier alpha value is -4.71. The maximum atomic E-state index is 12.7. The van der Waals surface area contributed by atoms with Gasteiger partial charge in [0.2, 0.25) is 5.96 Å². The molecule has 0 bridgehead atoms. The van der Waals surface area contributed by atoms with Gasteiger partial charge in [-0.1, -0.05) is 60.7 Å². The van der Waals surface area contributed by atoms with Crippen LogP contribution < -0.4 is 16.0 Å². The maximum Gasteiger partial charge on any atom is 0.255 e. The Bertz CT molecular complexity index is 1410. The first-order valence-electron chi connectivity index (χ1n) is 11.3. The number of aryl methyl sites for hydroxylation is 1. The van der Waals surface area contributed by atoms with Crippen molar-refractivity contribution in [2.45, 2.75) is 13.0 Å². The predicted molar refractivity (Wildman–Crippen MR) is 140 cm³/mol. The van der Waals surface area contributed by atoms with Gasteiger partial charge in [0, 0.05) is 33.8 Å². The lowest BCUT2D eigenvalue weighted by Crippen LogP contribution is -2.27. The number of aliphatic imine (C=N–C) groups is 1. The molecule has 1 aliphatic rings. The van der Waals surface area contributed by atoms with E-state index in [9.17, 15) is 9.59 Å². The number of carbonyl (C=O) groups is 2. The van der Waals surface area contributed by atoms with Gasteiger partial charge < -0.3 is 16.0 Å². The number of nitrogens with zero attached hydrogens (tertiary/aromatic N) is 1. The van der Waals surface area contributed by atoms with E-state index in [0.717, 1.165) is 34.4 Å². The van der Waals surface area contributed by atoms with E-state index in [4.69, 9.17) is 4.99 Å². The standard InChI is InChI=1S/C29H24N4O2/c1-19-11-12-20(18-34)17-26(19)31-28(35)22-13-15-23(16-14-22)30-29-32-25-10-6-5-9-24(25)27(33-29)21-7-3-2-4-8-21/h2-18,27H,1H3,(H,31,35)(H2,30,32,33). The van der Waals surface area contributed by atoms with Gasteiger partial charge in [0.1, 0.15) is 12.3 Å². The summed E-state index contributed by atoms with van der Waals surface area (Å²) in [7, 11) is 0. The highest BCUT2D eigenvalue weighted by Gasteiger charge is 2.22. The van der Waals surface area contributed by atoms with Gasteiger partial charge in [0.05, 0.1) is 0 Å². The fraction of sp³-hybridized carbons (Fsp3) is 0.0690. The topological polar surface area (TPSA) is 82.6 Å². The van der Waals surface area contributed by atoms with Crippen molar-refractivity contribution in [3.63, 3.8) is 0 Å². The molecule has 1 heterocycles. The third kappa shape index (κ3) is 4.82. The molecule has 6 heteroatoms. The molecule has 0 spiro atoms. The number of amides is 1. The van der Waals surface area contributed by atoms with Crippen LogP contribution in [0.1, 0.15) is 43.4 Å². The van der Waals surface area contributed by atoms with Gasteiger partial charge in [-0.15, -0.1) is 0 Å². The second-order valence-corrected chi connectivity index (χ2v) is 8.35. The Labute approximate surface area is 203 Å². The fourth-order valence-electron chi connectivity index (χ4n) is 4.04. The van der Waals surface area contributed by atoms with Crippen molar-refractivity contribution in [3.05, 3.63) is 125 Å². The number of hydrogen-bond donors (Lipinski definition) is 3. The van der Waals surface area contributed by atoms with Crippen LogP contribution in [0.2, 0.25) is 0 Å². The van der Waals surface area contributed by atoms with Crippen molar-refractivity contribution in [1.82, 2.24) is 0 Å². The van der Waals surface area contributed by atoms with Crippen LogP contribution in [0.5, 0.6) is 0 Å². The summed E-state index contributed by atoms with van der Waals surface area (Å²) in [6.07, 6.45) is 0.762. The van der Waals surface area contributed by atoms with E-state index in [0.29, 0.717) is 22.8 Å². The van der Waals surface area contributed by atoms with Crippen LogP contribution in [0.25, 0.3) is 0 Å². The van der Waals surface area contributed by atoms with E-state index in [1.54, 1.807) is 24.3 Å². The van der Waals surface area contributed by atoms with Crippen molar-refractivity contribution < 1.29 is 9.59 Å². The molecular weight excluding hydrogens is 436 g/mol. The third-order valence-corrected chi connectivity index (χ3v) is 5.94. The van der Waals surface area contributed by atoms with Crippen LogP contribution in [0, 0.1) is 6.92 Å². The SMILES string of the molecule is Cc1ccc(C=O)cc1NC(=O)c1ccc(NC2=NC(c3ccccc3)c3ccccc3N2)cc1. The summed E-state index contributed by atoms with van der Waals surface area (Å²) in [6.45, 7) is 1.88. The number of benzene rings is 4. The van der Waals surface area contributed by atoms with Crippen LogP contribution >= 0.6 is 0 Å². The van der Waals surface area contributed by atoms with Gasteiger partial charge in [-0.3, -0.25) is 9.59 Å². The molecule has 0 aliphatic carbocycles. The zero-order valence-electron chi connectivity index (χ0n) is 19.2. The highest BCUT2D eigenvalue weighted by atomic mass is 16.1. The molecule has 0 fully saturated rings. The number of fused-ring (bicyclic) bond motifs is 1. The molecule has 0 radical (unpaired) electrons. The summed E-state index contributed by atoms with van der Waals surface area (Å²) >= 11 is 0. The number of anilines is 3. The molecule has 6 nitrogen and oxygen atoms in total. The summed E-state index contributed by atoms with van der Waals surface area (Å²) in [6, 6.07) is 30.6. The molecule has 4 aromatic rings. The number of guanidine groups is 1.